The van der Waals surface area contributed by atoms with Crippen LogP contribution in [0.15, 0.2) is 42.7 Å². The van der Waals surface area contributed by atoms with Gasteiger partial charge in [0.1, 0.15) is 0 Å². The fourth-order valence-corrected chi connectivity index (χ4v) is 2.11. The second kappa shape index (κ2) is 5.39. The molecule has 0 atom stereocenters. The highest BCUT2D eigenvalue weighted by Gasteiger charge is 2.06. The van der Waals surface area contributed by atoms with E-state index in [0.29, 0.717) is 18.8 Å². The molecule has 0 spiro atoms. The van der Waals surface area contributed by atoms with Gasteiger partial charge in [-0.2, -0.15) is 10.2 Å². The van der Waals surface area contributed by atoms with E-state index in [1.807, 2.05) is 42.7 Å². The van der Waals surface area contributed by atoms with Gasteiger partial charge in [0.15, 0.2) is 0 Å². The number of nitrogen functional groups attached to an aromatic ring is 1. The smallest absolute Gasteiger partial charge is 0.0764 e. The highest BCUT2D eigenvalue weighted by molar-refractivity contribution is 5.56. The number of aromatic nitrogens is 4. The van der Waals surface area contributed by atoms with Crippen LogP contribution in [0.1, 0.15) is 11.4 Å². The minimum absolute atomic E-state index is 0.404. The summed E-state index contributed by atoms with van der Waals surface area (Å²) in [6, 6.07) is 9.41. The van der Waals surface area contributed by atoms with Crippen LogP contribution in [0.4, 0.5) is 5.69 Å². The van der Waals surface area contributed by atoms with Crippen LogP contribution in [-0.2, 0) is 13.1 Å². The monoisotopic (exact) mass is 283 g/mol. The second-order valence-electron chi connectivity index (χ2n) is 4.69. The first-order valence-electron chi connectivity index (χ1n) is 6.60. The summed E-state index contributed by atoms with van der Waals surface area (Å²) in [4.78, 5) is 0. The summed E-state index contributed by atoms with van der Waals surface area (Å²) in [5, 5.41) is 8.77. The van der Waals surface area contributed by atoms with Crippen molar-refractivity contribution in [3.8, 4) is 11.4 Å². The highest BCUT2D eigenvalue weighted by Crippen LogP contribution is 2.19. The van der Waals surface area contributed by atoms with Crippen LogP contribution in [0.25, 0.3) is 11.4 Å². The first kappa shape index (κ1) is 13.3. The lowest BCUT2D eigenvalue weighted by atomic mass is 10.2. The zero-order valence-electron chi connectivity index (χ0n) is 11.5. The van der Waals surface area contributed by atoms with Crippen molar-refractivity contribution in [3.05, 3.63) is 54.1 Å². The molecule has 21 heavy (non-hydrogen) atoms. The number of hydrogen-bond donors (Lipinski definition) is 3. The Bertz CT molecular complexity index is 696. The molecule has 7 nitrogen and oxygen atoms in total. The topological polar surface area (TPSA) is 114 Å². The lowest BCUT2D eigenvalue weighted by Crippen LogP contribution is -2.04. The molecule has 0 saturated carbocycles. The molecule has 2 aromatic heterocycles. The van der Waals surface area contributed by atoms with Gasteiger partial charge >= 0.3 is 0 Å². The van der Waals surface area contributed by atoms with Gasteiger partial charge < -0.3 is 17.2 Å². The Labute approximate surface area is 122 Å². The summed E-state index contributed by atoms with van der Waals surface area (Å²) >= 11 is 0. The molecule has 0 unspecified atom stereocenters. The number of anilines is 1. The van der Waals surface area contributed by atoms with Gasteiger partial charge in [-0.05, 0) is 30.3 Å². The lowest BCUT2D eigenvalue weighted by Gasteiger charge is -2.08. The van der Waals surface area contributed by atoms with Crippen molar-refractivity contribution in [1.29, 1.82) is 0 Å². The van der Waals surface area contributed by atoms with Crippen molar-refractivity contribution < 1.29 is 0 Å². The first-order chi connectivity index (χ1) is 10.2. The summed E-state index contributed by atoms with van der Waals surface area (Å²) in [7, 11) is 0. The third-order valence-corrected chi connectivity index (χ3v) is 3.16. The van der Waals surface area contributed by atoms with Gasteiger partial charge in [0.2, 0.25) is 0 Å². The zero-order valence-corrected chi connectivity index (χ0v) is 11.5. The zero-order chi connectivity index (χ0) is 14.8. The predicted molar refractivity (Wildman–Crippen MR) is 80.9 cm³/mol. The molecule has 3 aromatic rings. The van der Waals surface area contributed by atoms with E-state index < -0.39 is 0 Å². The van der Waals surface area contributed by atoms with E-state index in [-0.39, 0.29) is 0 Å². The maximum atomic E-state index is 5.98. The van der Waals surface area contributed by atoms with E-state index in [2.05, 4.69) is 10.2 Å². The lowest BCUT2D eigenvalue weighted by molar-refractivity contribution is 0.816. The SMILES string of the molecule is NCc1ccn(-c2cc(N)cc(-n3ccc(CN)n3)c2)n1. The molecule has 0 amide bonds. The van der Waals surface area contributed by atoms with Crippen molar-refractivity contribution in [2.75, 3.05) is 5.73 Å². The summed E-state index contributed by atoms with van der Waals surface area (Å²) in [5.74, 6) is 0. The molecule has 0 fully saturated rings. The summed E-state index contributed by atoms with van der Waals surface area (Å²) < 4.78 is 3.49. The fraction of sp³-hybridized carbons (Fsp3) is 0.143. The van der Waals surface area contributed by atoms with Gasteiger partial charge in [-0.1, -0.05) is 0 Å². The normalized spacial score (nSPS) is 11.0. The van der Waals surface area contributed by atoms with E-state index in [9.17, 15) is 0 Å². The molecule has 0 aliphatic rings. The molecule has 0 saturated heterocycles. The Hall–Kier alpha value is -2.64. The second-order valence-corrected chi connectivity index (χ2v) is 4.69. The molecular weight excluding hydrogens is 266 g/mol. The van der Waals surface area contributed by atoms with E-state index in [4.69, 9.17) is 17.2 Å². The van der Waals surface area contributed by atoms with Crippen molar-refractivity contribution in [3.63, 3.8) is 0 Å². The predicted octanol–water partition coefficient (Wildman–Crippen LogP) is 0.558. The van der Waals surface area contributed by atoms with Crippen LogP contribution in [0, 0.1) is 0 Å². The standard InChI is InChI=1S/C14H17N7/c15-8-11-1-3-20(18-11)13-5-10(17)6-14(7-13)21-4-2-12(9-16)19-21/h1-7H,8-9,15-17H2. The molecule has 0 aliphatic heterocycles. The van der Waals surface area contributed by atoms with Gasteiger partial charge in [-0.15, -0.1) is 0 Å². The average Bonchev–Trinajstić information content (AvgIpc) is 3.15. The maximum absolute atomic E-state index is 5.98. The molecule has 1 aromatic carbocycles. The minimum atomic E-state index is 0.404. The van der Waals surface area contributed by atoms with Crippen LogP contribution in [0.5, 0.6) is 0 Å². The summed E-state index contributed by atoms with van der Waals surface area (Å²) in [6.45, 7) is 0.808. The molecule has 0 aliphatic carbocycles. The van der Waals surface area contributed by atoms with Crippen LogP contribution in [0.3, 0.4) is 0 Å². The van der Waals surface area contributed by atoms with Gasteiger partial charge in [0, 0.05) is 31.2 Å². The van der Waals surface area contributed by atoms with Crippen LogP contribution in [0.2, 0.25) is 0 Å². The van der Waals surface area contributed by atoms with Crippen molar-refractivity contribution in [1.82, 2.24) is 19.6 Å². The molecule has 108 valence electrons. The van der Waals surface area contributed by atoms with Crippen LogP contribution in [-0.4, -0.2) is 19.6 Å². The largest absolute Gasteiger partial charge is 0.399 e. The summed E-state index contributed by atoms with van der Waals surface area (Å²) in [6.07, 6.45) is 3.71. The van der Waals surface area contributed by atoms with Crippen LogP contribution < -0.4 is 17.2 Å². The molecule has 7 heteroatoms. The van der Waals surface area contributed by atoms with Crippen molar-refractivity contribution in [2.45, 2.75) is 13.1 Å². The first-order valence-corrected chi connectivity index (χ1v) is 6.60. The number of hydrogen-bond acceptors (Lipinski definition) is 5. The molecule has 3 rings (SSSR count). The summed E-state index contributed by atoms with van der Waals surface area (Å²) in [5.41, 5.74) is 21.1. The van der Waals surface area contributed by atoms with Crippen molar-refractivity contribution in [2.24, 2.45) is 11.5 Å². The van der Waals surface area contributed by atoms with E-state index in [1.165, 1.54) is 0 Å². The number of rotatable bonds is 4. The number of benzene rings is 1. The van der Waals surface area contributed by atoms with Gasteiger partial charge in [0.25, 0.3) is 0 Å². The van der Waals surface area contributed by atoms with E-state index >= 15 is 0 Å². The minimum Gasteiger partial charge on any atom is -0.399 e. The van der Waals surface area contributed by atoms with Crippen molar-refractivity contribution >= 4 is 5.69 Å². The molecule has 0 bridgehead atoms. The van der Waals surface area contributed by atoms with Gasteiger partial charge in [-0.25, -0.2) is 9.36 Å². The number of nitrogens with zero attached hydrogens (tertiary/aromatic N) is 4. The van der Waals surface area contributed by atoms with Gasteiger partial charge in [0.05, 0.1) is 22.8 Å². The fourth-order valence-electron chi connectivity index (χ4n) is 2.11. The molecule has 6 N–H and O–H groups in total. The van der Waals surface area contributed by atoms with E-state index in [1.54, 1.807) is 9.36 Å². The third-order valence-electron chi connectivity index (χ3n) is 3.16. The Morgan fingerprint density at radius 3 is 1.67 bits per heavy atom. The Morgan fingerprint density at radius 1 is 0.810 bits per heavy atom. The Kier molecular flexibility index (Phi) is 3.43. The van der Waals surface area contributed by atoms with Gasteiger partial charge in [-0.3, -0.25) is 0 Å². The molecule has 0 radical (unpaired) electrons. The molecule has 2 heterocycles. The van der Waals surface area contributed by atoms with E-state index in [0.717, 1.165) is 22.8 Å². The maximum Gasteiger partial charge on any atom is 0.0764 e. The third kappa shape index (κ3) is 2.64. The highest BCUT2D eigenvalue weighted by atomic mass is 15.3. The Balaban J connectivity index is 2.03. The molecular formula is C14H17N7. The number of nitrogens with two attached hydrogens (primary N) is 3. The average molecular weight is 283 g/mol. The van der Waals surface area contributed by atoms with Crippen LogP contribution >= 0.6 is 0 Å². The Morgan fingerprint density at radius 2 is 1.29 bits per heavy atom. The quantitative estimate of drug-likeness (QED) is 0.605.